The molecule has 0 radical (unpaired) electrons. The molecule has 0 saturated carbocycles. The molecule has 1 fully saturated rings. The summed E-state index contributed by atoms with van der Waals surface area (Å²) in [6, 6.07) is 0. The maximum absolute atomic E-state index is 11.9. The van der Waals surface area contributed by atoms with E-state index in [0.29, 0.717) is 25.4 Å². The van der Waals surface area contributed by atoms with Crippen molar-refractivity contribution in [2.45, 2.75) is 45.3 Å². The molecule has 3 rings (SSSR count). The number of aromatic nitrogens is 2. The van der Waals surface area contributed by atoms with Gasteiger partial charge in [0.05, 0.1) is 30.9 Å². The molecule has 114 valence electrons. The van der Waals surface area contributed by atoms with Gasteiger partial charge in [0.15, 0.2) is 12.1 Å². The van der Waals surface area contributed by atoms with Crippen molar-refractivity contribution in [2.24, 2.45) is 5.92 Å². The zero-order valence-corrected chi connectivity index (χ0v) is 12.2. The van der Waals surface area contributed by atoms with E-state index in [-0.39, 0.29) is 18.0 Å². The Morgan fingerprint density at radius 1 is 1.52 bits per heavy atom. The number of aldehydes is 1. The van der Waals surface area contributed by atoms with E-state index in [9.17, 15) is 9.59 Å². The molecule has 1 aliphatic carbocycles. The molecule has 2 heterocycles. The molecule has 2 aliphatic rings. The lowest BCUT2D eigenvalue weighted by Gasteiger charge is -2.29. The summed E-state index contributed by atoms with van der Waals surface area (Å²) in [7, 11) is 0. The Labute approximate surface area is 123 Å². The van der Waals surface area contributed by atoms with Crippen LogP contribution in [0.15, 0.2) is 0 Å². The third-order valence-electron chi connectivity index (χ3n) is 4.26. The lowest BCUT2D eigenvalue weighted by molar-refractivity contribution is -0.148. The molecule has 6 nitrogen and oxygen atoms in total. The number of hydrogen-bond acceptors (Lipinski definition) is 5. The van der Waals surface area contributed by atoms with E-state index in [1.807, 2.05) is 11.5 Å². The van der Waals surface area contributed by atoms with Gasteiger partial charge in [0, 0.05) is 18.7 Å². The Balaban J connectivity index is 1.82. The number of hydrogen-bond donors (Lipinski definition) is 0. The van der Waals surface area contributed by atoms with E-state index in [0.717, 1.165) is 43.5 Å². The van der Waals surface area contributed by atoms with E-state index >= 15 is 0 Å². The van der Waals surface area contributed by atoms with Crippen molar-refractivity contribution in [2.75, 3.05) is 13.2 Å². The van der Waals surface area contributed by atoms with Gasteiger partial charge in [-0.1, -0.05) is 0 Å². The molecular formula is C15H20N2O4. The molecule has 1 unspecified atom stereocenters. The van der Waals surface area contributed by atoms with E-state index in [1.165, 1.54) is 0 Å². The van der Waals surface area contributed by atoms with Crippen molar-refractivity contribution in [1.29, 1.82) is 0 Å². The molecule has 1 aliphatic heterocycles. The highest BCUT2D eigenvalue weighted by Gasteiger charge is 2.31. The Morgan fingerprint density at radius 3 is 2.95 bits per heavy atom. The molecular weight excluding hydrogens is 272 g/mol. The SMILES string of the molecule is CCOC(=O)C1CCc2nc(C=O)n(C[C@@H]3CCO3)c2C1. The van der Waals surface area contributed by atoms with E-state index in [4.69, 9.17) is 9.47 Å². The van der Waals surface area contributed by atoms with Gasteiger partial charge >= 0.3 is 5.97 Å². The average Bonchev–Trinajstić information content (AvgIpc) is 2.80. The molecule has 2 atom stereocenters. The Bertz CT molecular complexity index is 548. The fourth-order valence-corrected chi connectivity index (χ4v) is 3.02. The van der Waals surface area contributed by atoms with Crippen LogP contribution in [-0.2, 0) is 33.7 Å². The quantitative estimate of drug-likeness (QED) is 0.601. The van der Waals surface area contributed by atoms with Crippen LogP contribution in [-0.4, -0.2) is 41.1 Å². The van der Waals surface area contributed by atoms with Crippen molar-refractivity contribution in [3.8, 4) is 0 Å². The smallest absolute Gasteiger partial charge is 0.309 e. The van der Waals surface area contributed by atoms with E-state index in [2.05, 4.69) is 4.98 Å². The maximum atomic E-state index is 11.9. The number of imidazole rings is 1. The summed E-state index contributed by atoms with van der Waals surface area (Å²) in [5.41, 5.74) is 1.94. The van der Waals surface area contributed by atoms with Crippen LogP contribution >= 0.6 is 0 Å². The summed E-state index contributed by atoms with van der Waals surface area (Å²) in [4.78, 5) is 27.6. The molecule has 6 heteroatoms. The van der Waals surface area contributed by atoms with Gasteiger partial charge in [-0.2, -0.15) is 0 Å². The van der Waals surface area contributed by atoms with Crippen LogP contribution in [0.1, 0.15) is 41.8 Å². The standard InChI is InChI=1S/C15H20N2O4/c1-2-20-15(19)10-3-4-12-13(7-10)17(14(9-18)16-12)8-11-5-6-21-11/h9-11H,2-8H2,1H3/t10?,11-/m0/s1. The van der Waals surface area contributed by atoms with Crippen LogP contribution in [0.25, 0.3) is 0 Å². The van der Waals surface area contributed by atoms with Crippen molar-refractivity contribution in [1.82, 2.24) is 9.55 Å². The van der Waals surface area contributed by atoms with Crippen molar-refractivity contribution < 1.29 is 19.1 Å². The molecule has 1 aromatic heterocycles. The predicted octanol–water partition coefficient (Wildman–Crippen LogP) is 1.15. The second kappa shape index (κ2) is 5.97. The number of rotatable bonds is 5. The monoisotopic (exact) mass is 292 g/mol. The zero-order valence-electron chi connectivity index (χ0n) is 12.2. The van der Waals surface area contributed by atoms with Crippen molar-refractivity contribution >= 4 is 12.3 Å². The fraction of sp³-hybridized carbons (Fsp3) is 0.667. The molecule has 0 bridgehead atoms. The molecule has 1 saturated heterocycles. The summed E-state index contributed by atoms with van der Waals surface area (Å²) in [5.74, 6) is 0.165. The van der Waals surface area contributed by atoms with Gasteiger partial charge in [0.1, 0.15) is 0 Å². The van der Waals surface area contributed by atoms with Gasteiger partial charge in [0.2, 0.25) is 0 Å². The van der Waals surface area contributed by atoms with Gasteiger partial charge in [-0.25, -0.2) is 4.98 Å². The van der Waals surface area contributed by atoms with E-state index < -0.39 is 0 Å². The number of aryl methyl sites for hydroxylation is 1. The third kappa shape index (κ3) is 2.72. The van der Waals surface area contributed by atoms with Gasteiger partial charge in [-0.05, 0) is 26.2 Å². The van der Waals surface area contributed by atoms with Crippen LogP contribution in [0.2, 0.25) is 0 Å². The predicted molar refractivity (Wildman–Crippen MR) is 74.1 cm³/mol. The van der Waals surface area contributed by atoms with Gasteiger partial charge in [0.25, 0.3) is 0 Å². The van der Waals surface area contributed by atoms with Gasteiger partial charge in [-0.3, -0.25) is 9.59 Å². The highest BCUT2D eigenvalue weighted by Crippen LogP contribution is 2.28. The number of fused-ring (bicyclic) bond motifs is 1. The maximum Gasteiger partial charge on any atom is 0.309 e. The first kappa shape index (κ1) is 14.3. The zero-order chi connectivity index (χ0) is 14.8. The first-order valence-corrected chi connectivity index (χ1v) is 7.54. The van der Waals surface area contributed by atoms with Crippen LogP contribution in [0.5, 0.6) is 0 Å². The highest BCUT2D eigenvalue weighted by molar-refractivity contribution is 5.74. The molecule has 0 amide bonds. The van der Waals surface area contributed by atoms with Gasteiger partial charge < -0.3 is 14.0 Å². The van der Waals surface area contributed by atoms with Crippen LogP contribution < -0.4 is 0 Å². The molecule has 21 heavy (non-hydrogen) atoms. The normalized spacial score (nSPS) is 24.0. The number of carbonyl (C=O) groups excluding carboxylic acids is 2. The van der Waals surface area contributed by atoms with Crippen molar-refractivity contribution in [3.63, 3.8) is 0 Å². The Morgan fingerprint density at radius 2 is 2.33 bits per heavy atom. The second-order valence-corrected chi connectivity index (χ2v) is 5.57. The van der Waals surface area contributed by atoms with E-state index in [1.54, 1.807) is 0 Å². The minimum absolute atomic E-state index is 0.130. The van der Waals surface area contributed by atoms with Crippen LogP contribution in [0.3, 0.4) is 0 Å². The second-order valence-electron chi connectivity index (χ2n) is 5.57. The Hall–Kier alpha value is -1.69. The number of carbonyl (C=O) groups is 2. The fourth-order valence-electron chi connectivity index (χ4n) is 3.02. The summed E-state index contributed by atoms with van der Waals surface area (Å²) in [6.07, 6.45) is 4.01. The number of esters is 1. The first-order valence-electron chi connectivity index (χ1n) is 7.54. The largest absolute Gasteiger partial charge is 0.466 e. The lowest BCUT2D eigenvalue weighted by Crippen LogP contribution is -2.33. The minimum Gasteiger partial charge on any atom is -0.466 e. The summed E-state index contributed by atoms with van der Waals surface area (Å²) in [6.45, 7) is 3.64. The minimum atomic E-state index is -0.150. The molecule has 0 aromatic carbocycles. The van der Waals surface area contributed by atoms with Gasteiger partial charge in [-0.15, -0.1) is 0 Å². The van der Waals surface area contributed by atoms with Crippen molar-refractivity contribution in [3.05, 3.63) is 17.2 Å². The highest BCUT2D eigenvalue weighted by atomic mass is 16.5. The molecule has 0 N–H and O–H groups in total. The van der Waals surface area contributed by atoms with Crippen LogP contribution in [0, 0.1) is 5.92 Å². The van der Waals surface area contributed by atoms with Crippen LogP contribution in [0.4, 0.5) is 0 Å². The third-order valence-corrected chi connectivity index (χ3v) is 4.26. The average molecular weight is 292 g/mol. The topological polar surface area (TPSA) is 70.4 Å². The molecule has 1 aromatic rings. The lowest BCUT2D eigenvalue weighted by atomic mass is 9.89. The summed E-state index contributed by atoms with van der Waals surface area (Å²) < 4.78 is 12.5. The summed E-state index contributed by atoms with van der Waals surface area (Å²) >= 11 is 0. The first-order chi connectivity index (χ1) is 10.2. The number of ether oxygens (including phenoxy) is 2. The Kier molecular flexibility index (Phi) is 4.05. The summed E-state index contributed by atoms with van der Waals surface area (Å²) in [5, 5.41) is 0. The number of nitrogens with zero attached hydrogens (tertiary/aromatic N) is 2. The molecule has 0 spiro atoms.